The van der Waals surface area contributed by atoms with Gasteiger partial charge in [-0.05, 0) is 60.4 Å². The van der Waals surface area contributed by atoms with Gasteiger partial charge < -0.3 is 5.32 Å². The summed E-state index contributed by atoms with van der Waals surface area (Å²) in [5.41, 5.74) is 2.77. The first-order valence-electron chi connectivity index (χ1n) is 6.09. The molecule has 1 nitrogen and oxygen atoms in total. The van der Waals surface area contributed by atoms with E-state index in [9.17, 15) is 0 Å². The summed E-state index contributed by atoms with van der Waals surface area (Å²) in [7, 11) is 2.03. The zero-order valence-corrected chi connectivity index (χ0v) is 13.4. The first kappa shape index (κ1) is 13.8. The quantitative estimate of drug-likeness (QED) is 0.864. The van der Waals surface area contributed by atoms with E-state index in [1.54, 1.807) is 0 Å². The van der Waals surface area contributed by atoms with Gasteiger partial charge in [-0.3, -0.25) is 0 Å². The Labute approximate surface area is 121 Å². The molecular weight excluding hydrogens is 306 g/mol. The van der Waals surface area contributed by atoms with E-state index in [2.05, 4.69) is 65.4 Å². The van der Waals surface area contributed by atoms with Crippen molar-refractivity contribution in [3.63, 3.8) is 0 Å². The molecule has 2 rings (SSSR count). The number of aryl methyl sites for hydroxylation is 2. The minimum Gasteiger partial charge on any atom is -0.312 e. The largest absolute Gasteiger partial charge is 0.312 e. The topological polar surface area (TPSA) is 12.0 Å². The standard InChI is InChI=1S/C15H18BrNS/c1-10-6-4-5-7-12(10)9-14(17-3)15-13(16)8-11(2)18-15/h4-8,14,17H,9H2,1-3H3. The van der Waals surface area contributed by atoms with E-state index >= 15 is 0 Å². The molecule has 0 fully saturated rings. The number of benzene rings is 1. The fraction of sp³-hybridized carbons (Fsp3) is 0.333. The molecular formula is C15H18BrNS. The normalized spacial score (nSPS) is 12.7. The van der Waals surface area contributed by atoms with Crippen molar-refractivity contribution < 1.29 is 0 Å². The lowest BCUT2D eigenvalue weighted by Crippen LogP contribution is -2.18. The zero-order chi connectivity index (χ0) is 13.1. The maximum atomic E-state index is 3.66. The van der Waals surface area contributed by atoms with Crippen molar-refractivity contribution in [2.24, 2.45) is 0 Å². The van der Waals surface area contributed by atoms with Crippen LogP contribution >= 0.6 is 27.3 Å². The van der Waals surface area contributed by atoms with E-state index in [0.717, 1.165) is 6.42 Å². The first-order chi connectivity index (χ1) is 8.61. The van der Waals surface area contributed by atoms with Crippen LogP contribution in [-0.2, 0) is 6.42 Å². The highest BCUT2D eigenvalue weighted by atomic mass is 79.9. The maximum absolute atomic E-state index is 3.66. The lowest BCUT2D eigenvalue weighted by Gasteiger charge is -2.17. The molecule has 1 N–H and O–H groups in total. The molecule has 18 heavy (non-hydrogen) atoms. The van der Waals surface area contributed by atoms with Gasteiger partial charge in [-0.15, -0.1) is 11.3 Å². The lowest BCUT2D eigenvalue weighted by molar-refractivity contribution is 0.598. The van der Waals surface area contributed by atoms with Crippen LogP contribution in [0.4, 0.5) is 0 Å². The Morgan fingerprint density at radius 1 is 1.28 bits per heavy atom. The Morgan fingerprint density at radius 2 is 2.00 bits per heavy atom. The summed E-state index contributed by atoms with van der Waals surface area (Å²) in [6.45, 7) is 4.33. The molecule has 0 aliphatic carbocycles. The van der Waals surface area contributed by atoms with Crippen molar-refractivity contribution in [1.29, 1.82) is 0 Å². The molecule has 0 saturated heterocycles. The van der Waals surface area contributed by atoms with Gasteiger partial charge in [-0.2, -0.15) is 0 Å². The third kappa shape index (κ3) is 3.02. The van der Waals surface area contributed by atoms with Crippen LogP contribution in [-0.4, -0.2) is 7.05 Å². The molecule has 0 saturated carbocycles. The second-order valence-electron chi connectivity index (χ2n) is 4.54. The third-order valence-electron chi connectivity index (χ3n) is 3.19. The fourth-order valence-corrected chi connectivity index (χ4v) is 4.16. The van der Waals surface area contributed by atoms with Crippen LogP contribution < -0.4 is 5.32 Å². The van der Waals surface area contributed by atoms with Gasteiger partial charge in [-0.1, -0.05) is 24.3 Å². The van der Waals surface area contributed by atoms with Gasteiger partial charge in [0.25, 0.3) is 0 Å². The molecule has 96 valence electrons. The van der Waals surface area contributed by atoms with Crippen molar-refractivity contribution in [3.05, 3.63) is 55.7 Å². The van der Waals surface area contributed by atoms with E-state index in [1.165, 1.54) is 25.4 Å². The molecule has 0 bridgehead atoms. The number of thiophene rings is 1. The summed E-state index contributed by atoms with van der Waals surface area (Å²) < 4.78 is 1.22. The zero-order valence-electron chi connectivity index (χ0n) is 11.0. The average Bonchev–Trinajstić information content (AvgIpc) is 2.67. The molecule has 1 atom stereocenters. The molecule has 3 heteroatoms. The van der Waals surface area contributed by atoms with Gasteiger partial charge in [-0.25, -0.2) is 0 Å². The van der Waals surface area contributed by atoms with Crippen LogP contribution in [0.2, 0.25) is 0 Å². The highest BCUT2D eigenvalue weighted by Gasteiger charge is 2.16. The number of likely N-dealkylation sites (N-methyl/N-ethyl adjacent to an activating group) is 1. The molecule has 1 aromatic carbocycles. The summed E-state index contributed by atoms with van der Waals surface area (Å²) >= 11 is 5.52. The summed E-state index contributed by atoms with van der Waals surface area (Å²) in [6, 6.07) is 11.2. The second kappa shape index (κ2) is 6.00. The predicted octanol–water partition coefficient (Wildman–Crippen LogP) is 4.63. The molecule has 2 aromatic rings. The number of halogens is 1. The molecule has 0 aliphatic rings. The van der Waals surface area contributed by atoms with Gasteiger partial charge in [0.15, 0.2) is 0 Å². The minimum atomic E-state index is 0.374. The monoisotopic (exact) mass is 323 g/mol. The SMILES string of the molecule is CNC(Cc1ccccc1C)c1sc(C)cc1Br. The second-order valence-corrected chi connectivity index (χ2v) is 6.68. The first-order valence-corrected chi connectivity index (χ1v) is 7.70. The van der Waals surface area contributed by atoms with Gasteiger partial charge in [0.1, 0.15) is 0 Å². The van der Waals surface area contributed by atoms with E-state index < -0.39 is 0 Å². The van der Waals surface area contributed by atoms with Crippen LogP contribution in [0.25, 0.3) is 0 Å². The molecule has 1 heterocycles. The number of rotatable bonds is 4. The van der Waals surface area contributed by atoms with Crippen LogP contribution in [0.1, 0.15) is 26.9 Å². The Balaban J connectivity index is 2.25. The highest BCUT2D eigenvalue weighted by molar-refractivity contribution is 9.10. The Morgan fingerprint density at radius 3 is 2.56 bits per heavy atom. The third-order valence-corrected chi connectivity index (χ3v) is 5.27. The summed E-state index contributed by atoms with van der Waals surface area (Å²) in [6.07, 6.45) is 1.03. The van der Waals surface area contributed by atoms with Crippen molar-refractivity contribution >= 4 is 27.3 Å². The van der Waals surface area contributed by atoms with Crippen LogP contribution in [0.3, 0.4) is 0 Å². The van der Waals surface area contributed by atoms with Crippen LogP contribution in [0, 0.1) is 13.8 Å². The fourth-order valence-electron chi connectivity index (χ4n) is 2.12. The van der Waals surface area contributed by atoms with E-state index in [-0.39, 0.29) is 0 Å². The number of hydrogen-bond acceptors (Lipinski definition) is 2. The highest BCUT2D eigenvalue weighted by Crippen LogP contribution is 2.34. The lowest BCUT2D eigenvalue weighted by atomic mass is 10.0. The Kier molecular flexibility index (Phi) is 4.60. The summed E-state index contributed by atoms with van der Waals surface area (Å²) in [5, 5.41) is 3.43. The van der Waals surface area contributed by atoms with Crippen molar-refractivity contribution in [2.75, 3.05) is 7.05 Å². The summed E-state index contributed by atoms with van der Waals surface area (Å²) in [5.74, 6) is 0. The van der Waals surface area contributed by atoms with Gasteiger partial charge in [0, 0.05) is 20.3 Å². The average molecular weight is 324 g/mol. The van der Waals surface area contributed by atoms with Crippen molar-refractivity contribution in [1.82, 2.24) is 5.32 Å². The molecule has 0 amide bonds. The number of nitrogens with one attached hydrogen (secondary N) is 1. The van der Waals surface area contributed by atoms with E-state index in [1.807, 2.05) is 18.4 Å². The van der Waals surface area contributed by atoms with Crippen LogP contribution in [0.5, 0.6) is 0 Å². The Hall–Kier alpha value is -0.640. The molecule has 1 aromatic heterocycles. The van der Waals surface area contributed by atoms with Crippen LogP contribution in [0.15, 0.2) is 34.8 Å². The van der Waals surface area contributed by atoms with Crippen molar-refractivity contribution in [3.8, 4) is 0 Å². The maximum Gasteiger partial charge on any atom is 0.0464 e. The minimum absolute atomic E-state index is 0.374. The van der Waals surface area contributed by atoms with Gasteiger partial charge >= 0.3 is 0 Å². The summed E-state index contributed by atoms with van der Waals surface area (Å²) in [4.78, 5) is 2.74. The van der Waals surface area contributed by atoms with Crippen molar-refractivity contribution in [2.45, 2.75) is 26.3 Å². The Bertz CT molecular complexity index is 533. The van der Waals surface area contributed by atoms with E-state index in [4.69, 9.17) is 0 Å². The molecule has 0 radical (unpaired) electrons. The number of hydrogen-bond donors (Lipinski definition) is 1. The van der Waals surface area contributed by atoms with Gasteiger partial charge in [0.05, 0.1) is 0 Å². The van der Waals surface area contributed by atoms with E-state index in [0.29, 0.717) is 6.04 Å². The smallest absolute Gasteiger partial charge is 0.0464 e. The van der Waals surface area contributed by atoms with Gasteiger partial charge in [0.2, 0.25) is 0 Å². The molecule has 0 aliphatic heterocycles. The predicted molar refractivity (Wildman–Crippen MR) is 83.4 cm³/mol. The molecule has 0 spiro atoms. The molecule has 1 unspecified atom stereocenters.